The molecule has 1 aromatic heterocycles. The Labute approximate surface area is 118 Å². The first kappa shape index (κ1) is 14.4. The molecule has 20 heavy (non-hydrogen) atoms. The molecule has 1 aromatic carbocycles. The number of fused-ring (bicyclic) bond motifs is 1. The summed E-state index contributed by atoms with van der Waals surface area (Å²) in [5.74, 6) is 0. The number of amides is 1. The van der Waals surface area contributed by atoms with Crippen LogP contribution in [0.2, 0.25) is 0 Å². The summed E-state index contributed by atoms with van der Waals surface area (Å²) in [6.07, 6.45) is 1.41. The number of aromatic nitrogens is 1. The van der Waals surface area contributed by atoms with Gasteiger partial charge in [0.2, 0.25) is 0 Å². The number of nitrogens with one attached hydrogen (secondary N) is 2. The van der Waals surface area contributed by atoms with Gasteiger partial charge >= 0.3 is 6.09 Å². The van der Waals surface area contributed by atoms with Crippen LogP contribution in [0.1, 0.15) is 32.4 Å². The van der Waals surface area contributed by atoms with Gasteiger partial charge in [-0.3, -0.25) is 0 Å². The van der Waals surface area contributed by atoms with Crippen LogP contribution in [0.3, 0.4) is 0 Å². The zero-order valence-electron chi connectivity index (χ0n) is 12.1. The number of nitrogens with two attached hydrogens (primary N) is 1. The van der Waals surface area contributed by atoms with Gasteiger partial charge in [0.25, 0.3) is 0 Å². The van der Waals surface area contributed by atoms with Crippen molar-refractivity contribution in [2.75, 3.05) is 6.54 Å². The molecule has 0 saturated carbocycles. The fraction of sp³-hybridized carbons (Fsp3) is 0.400. The van der Waals surface area contributed by atoms with Gasteiger partial charge in [-0.25, -0.2) is 4.79 Å². The van der Waals surface area contributed by atoms with Gasteiger partial charge in [-0.05, 0) is 38.5 Å². The highest BCUT2D eigenvalue weighted by molar-refractivity contribution is 5.84. The molecular weight excluding hydrogens is 254 g/mol. The van der Waals surface area contributed by atoms with Crippen LogP contribution in [0.25, 0.3) is 10.9 Å². The Balaban J connectivity index is 2.20. The highest BCUT2D eigenvalue weighted by atomic mass is 16.6. The summed E-state index contributed by atoms with van der Waals surface area (Å²) in [6, 6.07) is 7.59. The Hall–Kier alpha value is -2.01. The molecule has 0 spiro atoms. The van der Waals surface area contributed by atoms with Crippen LogP contribution in [0.5, 0.6) is 0 Å². The number of aromatic amines is 1. The molecule has 5 nitrogen and oxygen atoms in total. The minimum atomic E-state index is -0.524. The van der Waals surface area contributed by atoms with Crippen molar-refractivity contribution in [3.8, 4) is 0 Å². The molecule has 1 amide bonds. The van der Waals surface area contributed by atoms with Crippen LogP contribution >= 0.6 is 0 Å². The van der Waals surface area contributed by atoms with Crippen molar-refractivity contribution in [1.29, 1.82) is 0 Å². The zero-order valence-corrected chi connectivity index (χ0v) is 12.1. The van der Waals surface area contributed by atoms with E-state index in [2.05, 4.69) is 10.3 Å². The Morgan fingerprint density at radius 1 is 1.40 bits per heavy atom. The van der Waals surface area contributed by atoms with Crippen molar-refractivity contribution in [2.24, 2.45) is 5.73 Å². The van der Waals surface area contributed by atoms with Gasteiger partial charge in [-0.1, -0.05) is 12.1 Å². The van der Waals surface area contributed by atoms with Crippen LogP contribution in [0.4, 0.5) is 4.79 Å². The molecule has 0 fully saturated rings. The second-order valence-electron chi connectivity index (χ2n) is 5.72. The summed E-state index contributed by atoms with van der Waals surface area (Å²) in [7, 11) is 0. The van der Waals surface area contributed by atoms with Crippen molar-refractivity contribution in [1.82, 2.24) is 10.3 Å². The second kappa shape index (κ2) is 5.54. The normalized spacial score (nSPS) is 13.2. The maximum Gasteiger partial charge on any atom is 0.408 e. The molecule has 108 valence electrons. The highest BCUT2D eigenvalue weighted by Gasteiger charge is 2.20. The van der Waals surface area contributed by atoms with Crippen molar-refractivity contribution in [2.45, 2.75) is 32.4 Å². The van der Waals surface area contributed by atoms with Gasteiger partial charge in [-0.15, -0.1) is 0 Å². The Morgan fingerprint density at radius 3 is 2.80 bits per heavy atom. The topological polar surface area (TPSA) is 80.1 Å². The van der Waals surface area contributed by atoms with Gasteiger partial charge in [0.1, 0.15) is 5.60 Å². The molecule has 0 radical (unpaired) electrons. The average Bonchev–Trinajstić information content (AvgIpc) is 2.81. The highest BCUT2D eigenvalue weighted by Crippen LogP contribution is 2.23. The van der Waals surface area contributed by atoms with Crippen LogP contribution in [0.15, 0.2) is 30.5 Å². The molecule has 4 N–H and O–H groups in total. The fourth-order valence-corrected chi connectivity index (χ4v) is 2.13. The van der Waals surface area contributed by atoms with E-state index in [1.165, 1.54) is 0 Å². The Bertz CT molecular complexity index is 598. The molecule has 1 atom stereocenters. The molecule has 1 heterocycles. The van der Waals surface area contributed by atoms with Gasteiger partial charge in [-0.2, -0.15) is 0 Å². The minimum Gasteiger partial charge on any atom is -0.444 e. The largest absolute Gasteiger partial charge is 0.444 e. The molecule has 0 aliphatic heterocycles. The standard InChI is InChI=1S/C15H21N3O2/c1-15(2,3)20-14(19)18-13(9-16)10-5-4-6-12-11(10)7-8-17-12/h4-8,13,17H,9,16H2,1-3H3,(H,18,19). The Morgan fingerprint density at radius 2 is 2.15 bits per heavy atom. The van der Waals surface area contributed by atoms with E-state index < -0.39 is 11.7 Å². The second-order valence-corrected chi connectivity index (χ2v) is 5.72. The third kappa shape index (κ3) is 3.30. The predicted molar refractivity (Wildman–Crippen MR) is 79.5 cm³/mol. The molecule has 0 aliphatic rings. The summed E-state index contributed by atoms with van der Waals surface area (Å²) >= 11 is 0. The third-order valence-corrected chi connectivity index (χ3v) is 2.93. The van der Waals surface area contributed by atoms with E-state index in [9.17, 15) is 4.79 Å². The number of carbonyl (C=O) groups excluding carboxylic acids is 1. The van der Waals surface area contributed by atoms with E-state index >= 15 is 0 Å². The van der Waals surface area contributed by atoms with Gasteiger partial charge < -0.3 is 20.8 Å². The van der Waals surface area contributed by atoms with Gasteiger partial charge in [0, 0.05) is 23.6 Å². The van der Waals surface area contributed by atoms with Crippen LogP contribution in [0, 0.1) is 0 Å². The van der Waals surface area contributed by atoms with E-state index in [4.69, 9.17) is 10.5 Å². The number of benzene rings is 1. The zero-order chi connectivity index (χ0) is 14.8. The molecule has 0 saturated heterocycles. The number of H-pyrrole nitrogens is 1. The summed E-state index contributed by atoms with van der Waals surface area (Å²) in [6.45, 7) is 5.80. The van der Waals surface area contributed by atoms with E-state index in [1.807, 2.05) is 51.2 Å². The summed E-state index contributed by atoms with van der Waals surface area (Å²) in [5.41, 5.74) is 7.28. The number of alkyl carbamates (subject to hydrolysis) is 1. The van der Waals surface area contributed by atoms with Crippen molar-refractivity contribution >= 4 is 17.0 Å². The summed E-state index contributed by atoms with van der Waals surface area (Å²) in [4.78, 5) is 15.0. The van der Waals surface area contributed by atoms with E-state index in [-0.39, 0.29) is 6.04 Å². The molecule has 0 aliphatic carbocycles. The van der Waals surface area contributed by atoms with Crippen LogP contribution in [-0.4, -0.2) is 23.2 Å². The first-order valence-corrected chi connectivity index (χ1v) is 6.66. The number of hydrogen-bond donors (Lipinski definition) is 3. The van der Waals surface area contributed by atoms with E-state index in [1.54, 1.807) is 0 Å². The van der Waals surface area contributed by atoms with Crippen molar-refractivity contribution in [3.05, 3.63) is 36.0 Å². The van der Waals surface area contributed by atoms with Crippen LogP contribution < -0.4 is 11.1 Å². The number of rotatable bonds is 3. The summed E-state index contributed by atoms with van der Waals surface area (Å²) < 4.78 is 5.27. The maximum atomic E-state index is 11.9. The van der Waals surface area contributed by atoms with Gasteiger partial charge in [0.05, 0.1) is 6.04 Å². The van der Waals surface area contributed by atoms with Gasteiger partial charge in [0.15, 0.2) is 0 Å². The van der Waals surface area contributed by atoms with Crippen molar-refractivity contribution < 1.29 is 9.53 Å². The first-order chi connectivity index (χ1) is 9.40. The lowest BCUT2D eigenvalue weighted by Crippen LogP contribution is -2.37. The molecular formula is C15H21N3O2. The number of ether oxygens (including phenoxy) is 1. The Kier molecular flexibility index (Phi) is 3.99. The predicted octanol–water partition coefficient (Wildman–Crippen LogP) is 2.69. The maximum absolute atomic E-state index is 11.9. The lowest BCUT2D eigenvalue weighted by Gasteiger charge is -2.23. The summed E-state index contributed by atoms with van der Waals surface area (Å²) in [5, 5.41) is 3.88. The van der Waals surface area contributed by atoms with E-state index in [0.29, 0.717) is 6.54 Å². The first-order valence-electron chi connectivity index (χ1n) is 6.66. The van der Waals surface area contributed by atoms with E-state index in [0.717, 1.165) is 16.5 Å². The third-order valence-electron chi connectivity index (χ3n) is 2.93. The smallest absolute Gasteiger partial charge is 0.408 e. The monoisotopic (exact) mass is 275 g/mol. The fourth-order valence-electron chi connectivity index (χ4n) is 2.13. The molecule has 2 aromatic rings. The van der Waals surface area contributed by atoms with Crippen LogP contribution in [-0.2, 0) is 4.74 Å². The molecule has 2 rings (SSSR count). The lowest BCUT2D eigenvalue weighted by molar-refractivity contribution is 0.0505. The van der Waals surface area contributed by atoms with Crippen molar-refractivity contribution in [3.63, 3.8) is 0 Å². The SMILES string of the molecule is CC(C)(C)OC(=O)NC(CN)c1cccc2[nH]ccc12. The molecule has 1 unspecified atom stereocenters. The molecule has 5 heteroatoms. The molecule has 0 bridgehead atoms. The number of carbonyl (C=O) groups is 1. The lowest BCUT2D eigenvalue weighted by atomic mass is 10.0. The number of hydrogen-bond acceptors (Lipinski definition) is 3. The minimum absolute atomic E-state index is 0.274. The quantitative estimate of drug-likeness (QED) is 0.805. The average molecular weight is 275 g/mol.